The van der Waals surface area contributed by atoms with Gasteiger partial charge in [0.2, 0.25) is 5.91 Å². The maximum atomic E-state index is 12.6. The number of thioether (sulfide) groups is 1. The number of piperidine rings is 1. The molecule has 1 N–H and O–H groups in total. The standard InChI is InChI=1S/C21H21BrN4O2S/c22-15-9-10-18(27)17(13-15)20-23-24-21(26(20)16-7-3-1-4-8-16)29-14-19(28)25-11-5-2-6-12-25/h1,3-4,7-10,13,27H,2,5-6,11-12,14H2. The summed E-state index contributed by atoms with van der Waals surface area (Å²) in [6, 6.07) is 14.9. The fraction of sp³-hybridized carbons (Fsp3) is 0.286. The van der Waals surface area contributed by atoms with Gasteiger partial charge in [0.15, 0.2) is 11.0 Å². The van der Waals surface area contributed by atoms with E-state index >= 15 is 0 Å². The molecular formula is C21H21BrN4O2S. The van der Waals surface area contributed by atoms with Crippen LogP contribution in [-0.2, 0) is 4.79 Å². The molecule has 1 amide bonds. The molecular weight excluding hydrogens is 452 g/mol. The number of aromatic nitrogens is 3. The molecule has 4 rings (SSSR count). The molecule has 1 saturated heterocycles. The number of benzene rings is 2. The third-order valence-electron chi connectivity index (χ3n) is 4.88. The lowest BCUT2D eigenvalue weighted by Gasteiger charge is -2.26. The normalized spacial score (nSPS) is 14.2. The number of rotatable bonds is 5. The number of likely N-dealkylation sites (tertiary alicyclic amines) is 1. The fourth-order valence-electron chi connectivity index (χ4n) is 3.40. The van der Waals surface area contributed by atoms with Crippen LogP contribution in [0.3, 0.4) is 0 Å². The van der Waals surface area contributed by atoms with Crippen LogP contribution in [0.1, 0.15) is 19.3 Å². The predicted octanol–water partition coefficient (Wildman–Crippen LogP) is 4.51. The monoisotopic (exact) mass is 472 g/mol. The molecule has 1 aromatic heterocycles. The van der Waals surface area contributed by atoms with E-state index in [1.807, 2.05) is 45.9 Å². The zero-order chi connectivity index (χ0) is 20.2. The minimum Gasteiger partial charge on any atom is -0.507 e. The Balaban J connectivity index is 1.66. The summed E-state index contributed by atoms with van der Waals surface area (Å²) in [5.74, 6) is 1.10. The maximum Gasteiger partial charge on any atom is 0.233 e. The molecule has 0 radical (unpaired) electrons. The van der Waals surface area contributed by atoms with Crippen LogP contribution < -0.4 is 0 Å². The average Bonchev–Trinajstić information content (AvgIpc) is 3.18. The Kier molecular flexibility index (Phi) is 6.20. The molecule has 29 heavy (non-hydrogen) atoms. The highest BCUT2D eigenvalue weighted by molar-refractivity contribution is 9.10. The van der Waals surface area contributed by atoms with Gasteiger partial charge in [0.05, 0.1) is 11.3 Å². The molecule has 150 valence electrons. The van der Waals surface area contributed by atoms with Crippen molar-refractivity contribution < 1.29 is 9.90 Å². The number of hydrogen-bond acceptors (Lipinski definition) is 5. The van der Waals surface area contributed by atoms with E-state index < -0.39 is 0 Å². The number of phenolic OH excluding ortho intramolecular Hbond substituents is 1. The van der Waals surface area contributed by atoms with Gasteiger partial charge in [0.1, 0.15) is 5.75 Å². The van der Waals surface area contributed by atoms with E-state index in [9.17, 15) is 9.90 Å². The van der Waals surface area contributed by atoms with Crippen LogP contribution >= 0.6 is 27.7 Å². The van der Waals surface area contributed by atoms with Crippen molar-refractivity contribution in [2.45, 2.75) is 24.4 Å². The van der Waals surface area contributed by atoms with Gasteiger partial charge in [-0.15, -0.1) is 10.2 Å². The molecule has 8 heteroatoms. The van der Waals surface area contributed by atoms with Gasteiger partial charge in [0, 0.05) is 23.2 Å². The van der Waals surface area contributed by atoms with Gasteiger partial charge in [0.25, 0.3) is 0 Å². The minimum atomic E-state index is 0.124. The summed E-state index contributed by atoms with van der Waals surface area (Å²) in [4.78, 5) is 14.5. The molecule has 3 aromatic rings. The van der Waals surface area contributed by atoms with Crippen molar-refractivity contribution >= 4 is 33.6 Å². The highest BCUT2D eigenvalue weighted by Crippen LogP contribution is 2.34. The van der Waals surface area contributed by atoms with Crippen molar-refractivity contribution in [2.24, 2.45) is 0 Å². The van der Waals surface area contributed by atoms with Crippen molar-refractivity contribution in [1.29, 1.82) is 0 Å². The number of amides is 1. The SMILES string of the molecule is O=C(CSc1nnc(-c2cc(Br)ccc2O)n1-c1ccccc1)N1CCCCC1. The summed E-state index contributed by atoms with van der Waals surface area (Å²) in [5, 5.41) is 19.7. The molecule has 0 spiro atoms. The highest BCUT2D eigenvalue weighted by atomic mass is 79.9. The molecule has 0 bridgehead atoms. The first-order chi connectivity index (χ1) is 14.1. The minimum absolute atomic E-state index is 0.124. The summed E-state index contributed by atoms with van der Waals surface area (Å²) >= 11 is 4.83. The van der Waals surface area contributed by atoms with Crippen molar-refractivity contribution in [3.63, 3.8) is 0 Å². The molecule has 2 aromatic carbocycles. The summed E-state index contributed by atoms with van der Waals surface area (Å²) in [6.07, 6.45) is 3.34. The Labute approximate surface area is 182 Å². The van der Waals surface area contributed by atoms with E-state index in [0.29, 0.717) is 22.3 Å². The summed E-state index contributed by atoms with van der Waals surface area (Å²) in [7, 11) is 0. The third-order valence-corrected chi connectivity index (χ3v) is 6.29. The lowest BCUT2D eigenvalue weighted by atomic mass is 10.1. The van der Waals surface area contributed by atoms with E-state index in [-0.39, 0.29) is 11.7 Å². The number of para-hydroxylation sites is 1. The van der Waals surface area contributed by atoms with Gasteiger partial charge in [-0.25, -0.2) is 0 Å². The first kappa shape index (κ1) is 20.0. The average molecular weight is 473 g/mol. The Morgan fingerprint density at radius 2 is 1.83 bits per heavy atom. The number of carbonyl (C=O) groups is 1. The van der Waals surface area contributed by atoms with Gasteiger partial charge in [-0.05, 0) is 49.6 Å². The van der Waals surface area contributed by atoms with E-state index in [1.165, 1.54) is 18.2 Å². The Hall–Kier alpha value is -2.32. The fourth-order valence-corrected chi connectivity index (χ4v) is 4.61. The molecule has 0 atom stereocenters. The van der Waals surface area contributed by atoms with Crippen LogP contribution in [0.15, 0.2) is 58.2 Å². The number of hydrogen-bond donors (Lipinski definition) is 1. The quantitative estimate of drug-likeness (QED) is 0.553. The van der Waals surface area contributed by atoms with Gasteiger partial charge in [-0.1, -0.05) is 45.9 Å². The van der Waals surface area contributed by atoms with Crippen LogP contribution in [-0.4, -0.2) is 49.5 Å². The Bertz CT molecular complexity index is 1000. The van der Waals surface area contributed by atoms with E-state index in [4.69, 9.17) is 0 Å². The number of nitrogens with zero attached hydrogens (tertiary/aromatic N) is 4. The number of aromatic hydroxyl groups is 1. The Morgan fingerprint density at radius 1 is 1.07 bits per heavy atom. The summed E-state index contributed by atoms with van der Waals surface area (Å²) in [5.41, 5.74) is 1.45. The van der Waals surface area contributed by atoms with Gasteiger partial charge in [-0.3, -0.25) is 9.36 Å². The topological polar surface area (TPSA) is 71.2 Å². The smallest absolute Gasteiger partial charge is 0.233 e. The lowest BCUT2D eigenvalue weighted by Crippen LogP contribution is -2.36. The van der Waals surface area contributed by atoms with Crippen molar-refractivity contribution in [1.82, 2.24) is 19.7 Å². The highest BCUT2D eigenvalue weighted by Gasteiger charge is 2.21. The molecule has 2 heterocycles. The molecule has 1 aliphatic rings. The lowest BCUT2D eigenvalue weighted by molar-refractivity contribution is -0.129. The molecule has 1 fully saturated rings. The second kappa shape index (κ2) is 9.00. The van der Waals surface area contributed by atoms with Crippen molar-refractivity contribution in [2.75, 3.05) is 18.8 Å². The summed E-state index contributed by atoms with van der Waals surface area (Å²) < 4.78 is 2.72. The Morgan fingerprint density at radius 3 is 2.59 bits per heavy atom. The maximum absolute atomic E-state index is 12.6. The number of phenols is 1. The third kappa shape index (κ3) is 4.48. The second-order valence-corrected chi connectivity index (χ2v) is 8.73. The first-order valence-electron chi connectivity index (χ1n) is 9.54. The van der Waals surface area contributed by atoms with Crippen LogP contribution in [0.25, 0.3) is 17.1 Å². The van der Waals surface area contributed by atoms with Crippen LogP contribution in [0.4, 0.5) is 0 Å². The van der Waals surface area contributed by atoms with Crippen LogP contribution in [0, 0.1) is 0 Å². The van der Waals surface area contributed by atoms with Crippen LogP contribution in [0.5, 0.6) is 5.75 Å². The summed E-state index contributed by atoms with van der Waals surface area (Å²) in [6.45, 7) is 1.67. The van der Waals surface area contributed by atoms with E-state index in [0.717, 1.165) is 36.1 Å². The van der Waals surface area contributed by atoms with Gasteiger partial charge < -0.3 is 10.0 Å². The molecule has 0 unspecified atom stereocenters. The molecule has 1 aliphatic heterocycles. The zero-order valence-corrected chi connectivity index (χ0v) is 18.2. The number of carbonyl (C=O) groups excluding carboxylic acids is 1. The molecule has 6 nitrogen and oxygen atoms in total. The molecule has 0 saturated carbocycles. The van der Waals surface area contributed by atoms with E-state index in [2.05, 4.69) is 26.1 Å². The van der Waals surface area contributed by atoms with Crippen LogP contribution in [0.2, 0.25) is 0 Å². The largest absolute Gasteiger partial charge is 0.507 e. The first-order valence-corrected chi connectivity index (χ1v) is 11.3. The van der Waals surface area contributed by atoms with Crippen molar-refractivity contribution in [3.8, 4) is 22.8 Å². The second-order valence-electron chi connectivity index (χ2n) is 6.87. The van der Waals surface area contributed by atoms with Crippen molar-refractivity contribution in [3.05, 3.63) is 53.0 Å². The number of halogens is 1. The molecule has 0 aliphatic carbocycles. The van der Waals surface area contributed by atoms with Gasteiger partial charge >= 0.3 is 0 Å². The van der Waals surface area contributed by atoms with E-state index in [1.54, 1.807) is 12.1 Å². The van der Waals surface area contributed by atoms with Gasteiger partial charge in [-0.2, -0.15) is 0 Å². The zero-order valence-electron chi connectivity index (χ0n) is 15.8. The predicted molar refractivity (Wildman–Crippen MR) is 117 cm³/mol.